The fourth-order valence-electron chi connectivity index (χ4n) is 24.1. The van der Waals surface area contributed by atoms with Crippen molar-refractivity contribution in [1.29, 1.82) is 0 Å². The van der Waals surface area contributed by atoms with Crippen LogP contribution in [-0.4, -0.2) is 8.80 Å². The summed E-state index contributed by atoms with van der Waals surface area (Å²) in [5.41, 5.74) is 34.3. The summed E-state index contributed by atoms with van der Waals surface area (Å²) >= 11 is 0. The van der Waals surface area contributed by atoms with Crippen LogP contribution in [-0.2, 0) is 28.1 Å². The number of hydrogen-bond donors (Lipinski definition) is 0. The molecule has 0 aliphatic carbocycles. The minimum Gasteiger partial charge on any atom is -0.454 e. The second kappa shape index (κ2) is 33.2. The van der Waals surface area contributed by atoms with E-state index in [1.807, 2.05) is 12.1 Å². The van der Waals surface area contributed by atoms with Gasteiger partial charge in [0.25, 0.3) is 0 Å². The van der Waals surface area contributed by atoms with E-state index in [1.54, 1.807) is 0 Å². The predicted molar refractivity (Wildman–Crippen MR) is 629 cm³/mol. The molecule has 28 rings (SSSR count). The van der Waals surface area contributed by atoms with Gasteiger partial charge in [0, 0.05) is 122 Å². The van der Waals surface area contributed by atoms with Crippen LogP contribution in [0.25, 0.3) is 185 Å². The molecular weight excluding hydrogens is 1800 g/mol. The van der Waals surface area contributed by atoms with Crippen LogP contribution in [0.3, 0.4) is 0 Å². The van der Waals surface area contributed by atoms with Crippen LogP contribution in [0.5, 0.6) is 0 Å². The van der Waals surface area contributed by atoms with E-state index in [2.05, 4.69) is 535 Å². The zero-order chi connectivity index (χ0) is 99.6. The molecule has 0 spiro atoms. The normalized spacial score (nSPS) is 12.6. The Hall–Kier alpha value is -17.7. The molecule has 0 unspecified atom stereocenters. The van der Waals surface area contributed by atoms with Crippen LogP contribution in [0, 0.1) is 0 Å². The molecule has 148 heavy (non-hydrogen) atoms. The molecule has 0 aliphatic rings. The van der Waals surface area contributed by atoms with Crippen molar-refractivity contribution in [3.05, 3.63) is 471 Å². The maximum absolute atomic E-state index is 6.81. The van der Waals surface area contributed by atoms with Gasteiger partial charge in [-0.05, 0) is 340 Å². The first kappa shape index (κ1) is 88.0. The molecule has 0 fully saturated rings. The summed E-state index contributed by atoms with van der Waals surface area (Å²) < 4.78 is 18.8. The van der Waals surface area contributed by atoms with Crippen LogP contribution >= 0.6 is 0 Å². The predicted octanol–water partition coefficient (Wildman–Crippen LogP) is 40.0. The summed E-state index contributed by atoms with van der Waals surface area (Å²) in [5.74, 6) is 0. The maximum Gasteiger partial charge on any atom is 0.159 e. The van der Waals surface area contributed by atoms with Crippen molar-refractivity contribution in [2.75, 3.05) is 19.6 Å². The van der Waals surface area contributed by atoms with Crippen molar-refractivity contribution in [3.8, 4) is 22.3 Å². The van der Waals surface area contributed by atoms with E-state index in [-0.39, 0.29) is 21.7 Å². The molecular formula is C140H108N6O2. The number of anilines is 12. The largest absolute Gasteiger partial charge is 0.454 e. The molecule has 28 aromatic rings. The SMILES string of the molecule is CC(C)(C)c1ccc(N(c2ccc(C(C)(C)C)cc2)c2ccc3cc4c5cc(-c6ccccc6)cc6c7cc8ccc(N(c9ccc(C(C)(C)C)cc9)c9ccc(C(C)(C)Cc%10ccc(-c%11cc%12c%13cc%14ccc(N(c%15ccccc%15)c%15cccc%16c%15oc%15ccccc%15%16)cc%14cc%13n%13c%14cc%15cc(N(c%16ccccc%16)c%16cccc%17c%16oc%16ccccc%16%17)ccc%15cc%14c(c%11)c%12%13)cc%10)cc9)cc8cc7n(c4cc3c2)c56)cc1. The first-order chi connectivity index (χ1) is 71.9. The summed E-state index contributed by atoms with van der Waals surface area (Å²) in [5, 5.41) is 23.5. The summed E-state index contributed by atoms with van der Waals surface area (Å²) in [6, 6.07) is 166. The van der Waals surface area contributed by atoms with Gasteiger partial charge in [-0.1, -0.05) is 301 Å². The fraction of sp³-hybridized carbons (Fsp3) is 0.114. The third-order valence-corrected chi connectivity index (χ3v) is 31.8. The van der Waals surface area contributed by atoms with Crippen molar-refractivity contribution in [3.63, 3.8) is 0 Å². The minimum absolute atomic E-state index is 0.0212. The Bertz CT molecular complexity index is 9860. The van der Waals surface area contributed by atoms with Crippen molar-refractivity contribution < 1.29 is 8.83 Å². The minimum atomic E-state index is -0.239. The van der Waals surface area contributed by atoms with E-state index in [0.29, 0.717) is 0 Å². The number of rotatable bonds is 17. The van der Waals surface area contributed by atoms with Crippen molar-refractivity contribution in [2.45, 2.75) is 104 Å². The molecule has 0 amide bonds. The lowest BCUT2D eigenvalue weighted by Gasteiger charge is -2.29. The van der Waals surface area contributed by atoms with Gasteiger partial charge in [0.05, 0.1) is 44.5 Å². The Kier molecular flexibility index (Phi) is 19.7. The van der Waals surface area contributed by atoms with Crippen LogP contribution in [0.1, 0.15) is 104 Å². The Morgan fingerprint density at radius 2 is 0.480 bits per heavy atom. The van der Waals surface area contributed by atoms with E-state index in [0.717, 1.165) is 151 Å². The van der Waals surface area contributed by atoms with Crippen LogP contribution in [0.2, 0.25) is 0 Å². The molecule has 6 heterocycles. The number of fused-ring (bicyclic) bond motifs is 22. The summed E-state index contributed by atoms with van der Waals surface area (Å²) in [6.45, 7) is 25.4. The second-order valence-electron chi connectivity index (χ2n) is 44.7. The van der Waals surface area contributed by atoms with Crippen molar-refractivity contribution in [1.82, 2.24) is 8.80 Å². The first-order valence-corrected chi connectivity index (χ1v) is 51.9. The van der Waals surface area contributed by atoms with Crippen LogP contribution < -0.4 is 19.6 Å². The Balaban J connectivity index is 0.535. The Morgan fingerprint density at radius 1 is 0.196 bits per heavy atom. The van der Waals surface area contributed by atoms with Gasteiger partial charge in [-0.15, -0.1) is 0 Å². The molecule has 8 heteroatoms. The van der Waals surface area contributed by atoms with Gasteiger partial charge in [0.1, 0.15) is 11.2 Å². The third kappa shape index (κ3) is 14.4. The molecule has 710 valence electrons. The van der Waals surface area contributed by atoms with E-state index in [9.17, 15) is 0 Å². The summed E-state index contributed by atoms with van der Waals surface area (Å²) in [7, 11) is 0. The highest BCUT2D eigenvalue weighted by molar-refractivity contribution is 6.30. The third-order valence-electron chi connectivity index (χ3n) is 31.8. The Morgan fingerprint density at radius 3 is 0.818 bits per heavy atom. The second-order valence-corrected chi connectivity index (χ2v) is 44.7. The topological polar surface area (TPSA) is 48.1 Å². The highest BCUT2D eigenvalue weighted by Crippen LogP contribution is 2.53. The van der Waals surface area contributed by atoms with E-state index < -0.39 is 0 Å². The number of hydrogen-bond acceptors (Lipinski definition) is 6. The van der Waals surface area contributed by atoms with Gasteiger partial charge in [-0.2, -0.15) is 0 Å². The smallest absolute Gasteiger partial charge is 0.159 e. The number of para-hydroxylation sites is 6. The zero-order valence-corrected chi connectivity index (χ0v) is 84.9. The number of benzene rings is 22. The Labute approximate surface area is 859 Å². The molecule has 0 saturated carbocycles. The molecule has 0 N–H and O–H groups in total. The molecule has 8 nitrogen and oxygen atoms in total. The van der Waals surface area contributed by atoms with E-state index in [4.69, 9.17) is 8.83 Å². The molecule has 0 radical (unpaired) electrons. The summed E-state index contributed by atoms with van der Waals surface area (Å²) in [4.78, 5) is 9.59. The number of nitrogens with zero attached hydrogens (tertiary/aromatic N) is 6. The van der Waals surface area contributed by atoms with Gasteiger partial charge < -0.3 is 37.2 Å². The highest BCUT2D eigenvalue weighted by atomic mass is 16.3. The number of aromatic nitrogens is 2. The lowest BCUT2D eigenvalue weighted by atomic mass is 9.79. The molecule has 0 aliphatic heterocycles. The average molecular weight is 1910 g/mol. The lowest BCUT2D eigenvalue weighted by molar-refractivity contribution is 0.522. The van der Waals surface area contributed by atoms with Crippen molar-refractivity contribution in [2.24, 2.45) is 0 Å². The van der Waals surface area contributed by atoms with Crippen LogP contribution in [0.15, 0.2) is 452 Å². The standard InChI is InChI=1S/C140H108N6O2/c1-137(2,3)99-49-61-105(62-50-99)141(106-63-51-100(52-64-106)138(4,5)6)109-57-45-89-73-117-121-77-97(87-27-15-12-16-28-87)78-122-118-74-90-46-58-110(70-94(90)82-128(118)145(133(121)122)127(117)81-93(89)69-109)142(107-65-53-101(54-66-107)139(7,8)9)108-67-55-102(56-68-108)140(10,11)85-86-41-43-88(44-42-86)98-79-123-119-75-91-47-59-111(143(103-29-17-13-18-30-103)125-37-25-35-115-113-33-21-23-39-131(113)147-135(115)125)71-95(91)83-129(119)146-130-84-96-72-112(60-48-92(96)76-120(130)124(80-98)134(123)146)144(104-31-19-14-20-32-104)126-38-26-36-116-114-34-22-24-40-132(114)148-136(116)126/h12-84H,85H2,1-11H3. The lowest BCUT2D eigenvalue weighted by Crippen LogP contribution is -2.20. The maximum atomic E-state index is 6.81. The van der Waals surface area contributed by atoms with Gasteiger partial charge in [-0.3, -0.25) is 0 Å². The van der Waals surface area contributed by atoms with Gasteiger partial charge in [0.2, 0.25) is 0 Å². The monoisotopic (exact) mass is 1900 g/mol. The molecule has 0 atom stereocenters. The van der Waals surface area contributed by atoms with Crippen molar-refractivity contribution >= 4 is 231 Å². The summed E-state index contributed by atoms with van der Waals surface area (Å²) in [6.07, 6.45) is 0.835. The van der Waals surface area contributed by atoms with Gasteiger partial charge in [-0.25, -0.2) is 0 Å². The van der Waals surface area contributed by atoms with Crippen LogP contribution in [0.4, 0.5) is 68.2 Å². The first-order valence-electron chi connectivity index (χ1n) is 51.9. The molecule has 0 saturated heterocycles. The number of furan rings is 2. The molecule has 0 bridgehead atoms. The average Bonchev–Trinajstić information content (AvgIpc) is 1.53. The quantitative estimate of drug-likeness (QED) is 0.0905. The van der Waals surface area contributed by atoms with Gasteiger partial charge >= 0.3 is 0 Å². The molecule has 6 aromatic heterocycles. The van der Waals surface area contributed by atoms with Gasteiger partial charge in [0.15, 0.2) is 11.2 Å². The fourth-order valence-corrected chi connectivity index (χ4v) is 24.1. The van der Waals surface area contributed by atoms with E-state index >= 15 is 0 Å². The van der Waals surface area contributed by atoms with E-state index in [1.165, 1.54) is 137 Å². The molecule has 22 aromatic carbocycles. The zero-order valence-electron chi connectivity index (χ0n) is 84.9. The highest BCUT2D eigenvalue weighted by Gasteiger charge is 2.31.